The topological polar surface area (TPSA) is 26.0 Å². The van der Waals surface area contributed by atoms with E-state index in [1.165, 1.54) is 18.2 Å². The molecule has 0 aliphatic carbocycles. The van der Waals surface area contributed by atoms with Crippen LogP contribution < -0.4 is 5.73 Å². The molecule has 0 saturated carbocycles. The van der Waals surface area contributed by atoms with E-state index < -0.39 is 24.1 Å². The van der Waals surface area contributed by atoms with Crippen molar-refractivity contribution in [3.05, 3.63) is 41.2 Å². The summed E-state index contributed by atoms with van der Waals surface area (Å²) in [6, 6.07) is 5.22. The molecule has 0 aromatic heterocycles. The maximum Gasteiger partial charge on any atom is 0.413 e. The van der Waals surface area contributed by atoms with Crippen molar-refractivity contribution in [1.82, 2.24) is 0 Å². The fourth-order valence-electron chi connectivity index (χ4n) is 1.04. The average molecular weight is 219 g/mol. The van der Waals surface area contributed by atoms with Gasteiger partial charge in [-0.15, -0.1) is 0 Å². The van der Waals surface area contributed by atoms with Crippen molar-refractivity contribution >= 4 is 6.08 Å². The SMILES string of the molecule is NC/C(=C\c1ccccc1F)C(F)(F)F. The monoisotopic (exact) mass is 219 g/mol. The molecule has 0 fully saturated rings. The molecule has 15 heavy (non-hydrogen) atoms. The highest BCUT2D eigenvalue weighted by atomic mass is 19.4. The molecule has 82 valence electrons. The van der Waals surface area contributed by atoms with Gasteiger partial charge in [0.1, 0.15) is 5.82 Å². The predicted octanol–water partition coefficient (Wildman–Crippen LogP) is 2.73. The lowest BCUT2D eigenvalue weighted by Gasteiger charge is -2.09. The molecule has 1 rings (SSSR count). The summed E-state index contributed by atoms with van der Waals surface area (Å²) >= 11 is 0. The van der Waals surface area contributed by atoms with Crippen LogP contribution in [0.4, 0.5) is 17.6 Å². The largest absolute Gasteiger partial charge is 0.413 e. The Bertz CT molecular complexity index is 368. The van der Waals surface area contributed by atoms with E-state index in [-0.39, 0.29) is 5.56 Å². The Morgan fingerprint density at radius 3 is 2.33 bits per heavy atom. The molecule has 0 bridgehead atoms. The van der Waals surface area contributed by atoms with Gasteiger partial charge in [-0.25, -0.2) is 4.39 Å². The summed E-state index contributed by atoms with van der Waals surface area (Å²) in [5, 5.41) is 0. The molecule has 0 amide bonds. The van der Waals surface area contributed by atoms with Crippen LogP contribution in [-0.4, -0.2) is 12.7 Å². The third-order valence-corrected chi connectivity index (χ3v) is 1.82. The lowest BCUT2D eigenvalue weighted by atomic mass is 10.1. The van der Waals surface area contributed by atoms with Crippen molar-refractivity contribution in [3.63, 3.8) is 0 Å². The van der Waals surface area contributed by atoms with Gasteiger partial charge in [-0.2, -0.15) is 13.2 Å². The van der Waals surface area contributed by atoms with Crippen LogP contribution in [0.3, 0.4) is 0 Å². The van der Waals surface area contributed by atoms with Gasteiger partial charge in [-0.05, 0) is 12.1 Å². The molecule has 1 nitrogen and oxygen atoms in total. The number of benzene rings is 1. The summed E-state index contributed by atoms with van der Waals surface area (Å²) in [5.41, 5.74) is 3.88. The van der Waals surface area contributed by atoms with E-state index in [9.17, 15) is 17.6 Å². The first-order chi connectivity index (χ1) is 6.95. The molecule has 0 spiro atoms. The summed E-state index contributed by atoms with van der Waals surface area (Å²) in [5.74, 6) is -0.701. The Kier molecular flexibility index (Phi) is 3.47. The van der Waals surface area contributed by atoms with Gasteiger partial charge < -0.3 is 5.73 Å². The third-order valence-electron chi connectivity index (χ3n) is 1.82. The Morgan fingerprint density at radius 2 is 1.87 bits per heavy atom. The van der Waals surface area contributed by atoms with Gasteiger partial charge in [0.05, 0.1) is 0 Å². The second-order valence-electron chi connectivity index (χ2n) is 2.89. The fraction of sp³-hybridized carbons (Fsp3) is 0.200. The molecular weight excluding hydrogens is 210 g/mol. The normalized spacial score (nSPS) is 13.0. The highest BCUT2D eigenvalue weighted by Crippen LogP contribution is 2.26. The first-order valence-electron chi connectivity index (χ1n) is 4.17. The van der Waals surface area contributed by atoms with E-state index in [1.54, 1.807) is 0 Å². The third kappa shape index (κ3) is 3.06. The van der Waals surface area contributed by atoms with Crippen LogP contribution >= 0.6 is 0 Å². The lowest BCUT2D eigenvalue weighted by molar-refractivity contribution is -0.0912. The van der Waals surface area contributed by atoms with Crippen LogP contribution in [0.5, 0.6) is 0 Å². The minimum absolute atomic E-state index is 0.115. The molecule has 1 aromatic carbocycles. The van der Waals surface area contributed by atoms with E-state index in [4.69, 9.17) is 5.73 Å². The standard InChI is InChI=1S/C10H9F4N/c11-9-4-2-1-3-7(9)5-8(6-15)10(12,13)14/h1-5H,6,15H2/b8-5+. The van der Waals surface area contributed by atoms with Crippen LogP contribution in [0, 0.1) is 5.82 Å². The minimum Gasteiger partial charge on any atom is -0.326 e. The van der Waals surface area contributed by atoms with Crippen molar-refractivity contribution in [2.75, 3.05) is 6.54 Å². The molecule has 0 radical (unpaired) electrons. The number of hydrogen-bond acceptors (Lipinski definition) is 1. The van der Waals surface area contributed by atoms with E-state index in [2.05, 4.69) is 0 Å². The van der Waals surface area contributed by atoms with Crippen molar-refractivity contribution < 1.29 is 17.6 Å². The van der Waals surface area contributed by atoms with E-state index >= 15 is 0 Å². The molecule has 0 saturated heterocycles. The molecule has 0 unspecified atom stereocenters. The maximum atomic E-state index is 13.0. The molecular formula is C10H9F4N. The minimum atomic E-state index is -4.52. The fourth-order valence-corrected chi connectivity index (χ4v) is 1.04. The zero-order valence-electron chi connectivity index (χ0n) is 7.68. The first kappa shape index (κ1) is 11.7. The number of nitrogens with two attached hydrogens (primary N) is 1. The quantitative estimate of drug-likeness (QED) is 0.760. The van der Waals surface area contributed by atoms with Crippen LogP contribution in [0.1, 0.15) is 5.56 Å². The average Bonchev–Trinajstić information content (AvgIpc) is 2.14. The van der Waals surface area contributed by atoms with E-state index in [0.29, 0.717) is 0 Å². The zero-order valence-corrected chi connectivity index (χ0v) is 7.68. The van der Waals surface area contributed by atoms with Crippen molar-refractivity contribution in [2.24, 2.45) is 5.73 Å². The van der Waals surface area contributed by atoms with E-state index in [0.717, 1.165) is 12.1 Å². The van der Waals surface area contributed by atoms with Crippen molar-refractivity contribution in [2.45, 2.75) is 6.18 Å². The number of rotatable bonds is 2. The number of halogens is 4. The Balaban J connectivity index is 3.10. The number of alkyl halides is 3. The second-order valence-corrected chi connectivity index (χ2v) is 2.89. The van der Waals surface area contributed by atoms with Crippen LogP contribution in [0.25, 0.3) is 6.08 Å². The van der Waals surface area contributed by atoms with Gasteiger partial charge in [0.2, 0.25) is 0 Å². The molecule has 0 atom stereocenters. The van der Waals surface area contributed by atoms with Gasteiger partial charge in [0, 0.05) is 17.7 Å². The zero-order chi connectivity index (χ0) is 11.5. The molecule has 0 heterocycles. The summed E-state index contributed by atoms with van der Waals surface area (Å²) < 4.78 is 49.8. The van der Waals surface area contributed by atoms with Crippen LogP contribution in [0.15, 0.2) is 29.8 Å². The molecule has 0 aliphatic rings. The molecule has 0 aliphatic heterocycles. The summed E-state index contributed by atoms with van der Waals surface area (Å²) in [4.78, 5) is 0. The Labute approximate surface area is 84.2 Å². The Hall–Kier alpha value is -1.36. The van der Waals surface area contributed by atoms with Gasteiger partial charge in [0.15, 0.2) is 0 Å². The van der Waals surface area contributed by atoms with E-state index in [1.807, 2.05) is 0 Å². The molecule has 5 heteroatoms. The van der Waals surface area contributed by atoms with Crippen LogP contribution in [-0.2, 0) is 0 Å². The molecule has 2 N–H and O–H groups in total. The smallest absolute Gasteiger partial charge is 0.326 e. The number of hydrogen-bond donors (Lipinski definition) is 1. The van der Waals surface area contributed by atoms with Gasteiger partial charge in [-0.1, -0.05) is 18.2 Å². The highest BCUT2D eigenvalue weighted by molar-refractivity contribution is 5.55. The second kappa shape index (κ2) is 4.44. The van der Waals surface area contributed by atoms with Gasteiger partial charge in [0.25, 0.3) is 0 Å². The lowest BCUT2D eigenvalue weighted by Crippen LogP contribution is -2.19. The first-order valence-corrected chi connectivity index (χ1v) is 4.17. The summed E-state index contributed by atoms with van der Waals surface area (Å²) in [7, 11) is 0. The van der Waals surface area contributed by atoms with Gasteiger partial charge in [-0.3, -0.25) is 0 Å². The summed E-state index contributed by atoms with van der Waals surface area (Å²) in [6.45, 7) is -0.669. The summed E-state index contributed by atoms with van der Waals surface area (Å²) in [6.07, 6.45) is -3.80. The molecule has 1 aromatic rings. The Morgan fingerprint density at radius 1 is 1.27 bits per heavy atom. The maximum absolute atomic E-state index is 13.0. The van der Waals surface area contributed by atoms with Crippen molar-refractivity contribution in [1.29, 1.82) is 0 Å². The van der Waals surface area contributed by atoms with Crippen molar-refractivity contribution in [3.8, 4) is 0 Å². The highest BCUT2D eigenvalue weighted by Gasteiger charge is 2.32. The van der Waals surface area contributed by atoms with Gasteiger partial charge >= 0.3 is 6.18 Å². The predicted molar refractivity (Wildman–Crippen MR) is 49.5 cm³/mol. The van der Waals surface area contributed by atoms with Crippen LogP contribution in [0.2, 0.25) is 0 Å².